The van der Waals surface area contributed by atoms with Crippen LogP contribution in [0.4, 0.5) is 5.69 Å². The van der Waals surface area contributed by atoms with Gasteiger partial charge < -0.3 is 5.32 Å². The summed E-state index contributed by atoms with van der Waals surface area (Å²) in [5, 5.41) is 3.35. The smallest absolute Gasteiger partial charge is 0.240 e. The monoisotopic (exact) mass is 284 g/mol. The zero-order valence-corrected chi connectivity index (χ0v) is 12.8. The van der Waals surface area contributed by atoms with Gasteiger partial charge in [0.25, 0.3) is 0 Å². The average Bonchev–Trinajstić information content (AvgIpc) is 2.37. The van der Waals surface area contributed by atoms with Gasteiger partial charge in [0.05, 0.1) is 4.90 Å². The summed E-state index contributed by atoms with van der Waals surface area (Å²) in [6, 6.07) is 7.29. The molecule has 0 amide bonds. The number of nitrogens with one attached hydrogen (secondary N) is 2. The largest absolute Gasteiger partial charge is 0.383 e. The molecule has 0 fully saturated rings. The van der Waals surface area contributed by atoms with Gasteiger partial charge in [-0.25, -0.2) is 13.1 Å². The van der Waals surface area contributed by atoms with Gasteiger partial charge >= 0.3 is 0 Å². The van der Waals surface area contributed by atoms with Crippen molar-refractivity contribution in [3.63, 3.8) is 0 Å². The van der Waals surface area contributed by atoms with Crippen LogP contribution in [-0.4, -0.2) is 21.0 Å². The highest BCUT2D eigenvalue weighted by Crippen LogP contribution is 2.15. The summed E-state index contributed by atoms with van der Waals surface area (Å²) in [4.78, 5) is 0.314. The SMILES string of the molecule is CCCNS(=O)(=O)c1ccc(NC(C)CCC)cc1. The second kappa shape index (κ2) is 7.50. The predicted octanol–water partition coefficient (Wildman–Crippen LogP) is 2.98. The average molecular weight is 284 g/mol. The molecular weight excluding hydrogens is 260 g/mol. The molecule has 0 aromatic heterocycles. The minimum absolute atomic E-state index is 0.314. The first kappa shape index (κ1) is 16.0. The standard InChI is InChI=1S/C14H24N2O2S/c1-4-6-12(3)16-13-7-9-14(10-8-13)19(17,18)15-11-5-2/h7-10,12,15-16H,4-6,11H2,1-3H3. The van der Waals surface area contributed by atoms with Crippen molar-refractivity contribution in [2.75, 3.05) is 11.9 Å². The lowest BCUT2D eigenvalue weighted by atomic mass is 10.2. The Hall–Kier alpha value is -1.07. The van der Waals surface area contributed by atoms with Crippen molar-refractivity contribution < 1.29 is 8.42 Å². The van der Waals surface area contributed by atoms with E-state index in [1.165, 1.54) is 0 Å². The van der Waals surface area contributed by atoms with Crippen LogP contribution in [0, 0.1) is 0 Å². The quantitative estimate of drug-likeness (QED) is 0.771. The summed E-state index contributed by atoms with van der Waals surface area (Å²) in [5.74, 6) is 0. The second-order valence-electron chi connectivity index (χ2n) is 4.76. The van der Waals surface area contributed by atoms with Gasteiger partial charge in [0.15, 0.2) is 0 Å². The molecule has 0 aliphatic carbocycles. The van der Waals surface area contributed by atoms with E-state index in [4.69, 9.17) is 0 Å². The molecule has 5 heteroatoms. The summed E-state index contributed by atoms with van der Waals surface area (Å²) in [5.41, 5.74) is 0.954. The first-order chi connectivity index (χ1) is 8.99. The van der Waals surface area contributed by atoms with E-state index in [-0.39, 0.29) is 0 Å². The van der Waals surface area contributed by atoms with Gasteiger partial charge in [-0.3, -0.25) is 0 Å². The highest BCUT2D eigenvalue weighted by molar-refractivity contribution is 7.89. The molecule has 0 saturated carbocycles. The minimum atomic E-state index is -3.36. The lowest BCUT2D eigenvalue weighted by molar-refractivity contribution is 0.581. The van der Waals surface area contributed by atoms with E-state index in [0.717, 1.165) is 24.9 Å². The third kappa shape index (κ3) is 5.20. The van der Waals surface area contributed by atoms with Crippen LogP contribution in [0.25, 0.3) is 0 Å². The molecular formula is C14H24N2O2S. The maximum Gasteiger partial charge on any atom is 0.240 e. The van der Waals surface area contributed by atoms with Crippen LogP contribution in [-0.2, 0) is 10.0 Å². The van der Waals surface area contributed by atoms with Gasteiger partial charge in [-0.05, 0) is 44.0 Å². The molecule has 1 aromatic rings. The zero-order valence-electron chi connectivity index (χ0n) is 11.9. The Kier molecular flexibility index (Phi) is 6.31. The van der Waals surface area contributed by atoms with Crippen LogP contribution in [0.15, 0.2) is 29.2 Å². The molecule has 0 radical (unpaired) electrons. The number of anilines is 1. The van der Waals surface area contributed by atoms with Crippen molar-refractivity contribution in [3.8, 4) is 0 Å². The van der Waals surface area contributed by atoms with Gasteiger partial charge in [-0.2, -0.15) is 0 Å². The molecule has 4 nitrogen and oxygen atoms in total. The van der Waals surface area contributed by atoms with Crippen molar-refractivity contribution in [1.29, 1.82) is 0 Å². The molecule has 0 saturated heterocycles. The summed E-state index contributed by atoms with van der Waals surface area (Å²) in [6.45, 7) is 6.67. The molecule has 0 heterocycles. The van der Waals surface area contributed by atoms with Crippen LogP contribution in [0.1, 0.15) is 40.0 Å². The third-order valence-electron chi connectivity index (χ3n) is 2.84. The first-order valence-electron chi connectivity index (χ1n) is 6.85. The number of rotatable bonds is 8. The Morgan fingerprint density at radius 3 is 2.26 bits per heavy atom. The van der Waals surface area contributed by atoms with Gasteiger partial charge in [0.1, 0.15) is 0 Å². The number of sulfonamides is 1. The molecule has 1 aromatic carbocycles. The first-order valence-corrected chi connectivity index (χ1v) is 8.34. The Bertz CT molecular complexity index is 469. The van der Waals surface area contributed by atoms with Crippen LogP contribution in [0.5, 0.6) is 0 Å². The van der Waals surface area contributed by atoms with Crippen molar-refractivity contribution in [2.24, 2.45) is 0 Å². The normalized spacial score (nSPS) is 13.2. The fourth-order valence-electron chi connectivity index (χ4n) is 1.84. The van der Waals surface area contributed by atoms with Crippen LogP contribution >= 0.6 is 0 Å². The Morgan fingerprint density at radius 2 is 1.74 bits per heavy atom. The summed E-state index contributed by atoms with van der Waals surface area (Å²) >= 11 is 0. The van der Waals surface area contributed by atoms with Gasteiger partial charge in [0.2, 0.25) is 10.0 Å². The molecule has 0 bridgehead atoms. The van der Waals surface area contributed by atoms with E-state index in [9.17, 15) is 8.42 Å². The van der Waals surface area contributed by atoms with Crippen LogP contribution in [0.3, 0.4) is 0 Å². The van der Waals surface area contributed by atoms with Gasteiger partial charge in [-0.1, -0.05) is 20.3 Å². The highest BCUT2D eigenvalue weighted by Gasteiger charge is 2.12. The van der Waals surface area contributed by atoms with Crippen molar-refractivity contribution in [3.05, 3.63) is 24.3 Å². The molecule has 0 spiro atoms. The lowest BCUT2D eigenvalue weighted by Gasteiger charge is -2.14. The van der Waals surface area contributed by atoms with Crippen molar-refractivity contribution in [2.45, 2.75) is 51.0 Å². The molecule has 1 atom stereocenters. The summed E-state index contributed by atoms with van der Waals surface area (Å²) < 4.78 is 26.3. The molecule has 2 N–H and O–H groups in total. The fourth-order valence-corrected chi connectivity index (χ4v) is 2.97. The molecule has 1 unspecified atom stereocenters. The maximum absolute atomic E-state index is 11.9. The number of hydrogen-bond donors (Lipinski definition) is 2. The summed E-state index contributed by atoms with van der Waals surface area (Å²) in [6.07, 6.45) is 3.01. The van der Waals surface area contributed by atoms with Crippen LogP contribution in [0.2, 0.25) is 0 Å². The molecule has 0 aliphatic rings. The van der Waals surface area contributed by atoms with E-state index < -0.39 is 10.0 Å². The lowest BCUT2D eigenvalue weighted by Crippen LogP contribution is -2.24. The summed E-state index contributed by atoms with van der Waals surface area (Å²) in [7, 11) is -3.36. The Morgan fingerprint density at radius 1 is 1.11 bits per heavy atom. The van der Waals surface area contributed by atoms with E-state index in [1.807, 2.05) is 19.1 Å². The van der Waals surface area contributed by atoms with Crippen LogP contribution < -0.4 is 10.0 Å². The van der Waals surface area contributed by atoms with Gasteiger partial charge in [-0.15, -0.1) is 0 Å². The highest BCUT2D eigenvalue weighted by atomic mass is 32.2. The maximum atomic E-state index is 11.9. The molecule has 19 heavy (non-hydrogen) atoms. The van der Waals surface area contributed by atoms with Crippen molar-refractivity contribution >= 4 is 15.7 Å². The Labute approximate surface area is 116 Å². The fraction of sp³-hybridized carbons (Fsp3) is 0.571. The molecule has 0 aliphatic heterocycles. The second-order valence-corrected chi connectivity index (χ2v) is 6.52. The third-order valence-corrected chi connectivity index (χ3v) is 4.32. The zero-order chi connectivity index (χ0) is 14.3. The van der Waals surface area contributed by atoms with E-state index in [2.05, 4.69) is 23.9 Å². The van der Waals surface area contributed by atoms with Crippen molar-refractivity contribution in [1.82, 2.24) is 4.72 Å². The Balaban J connectivity index is 2.71. The van der Waals surface area contributed by atoms with Gasteiger partial charge in [0, 0.05) is 18.3 Å². The molecule has 108 valence electrons. The topological polar surface area (TPSA) is 58.2 Å². The van der Waals surface area contributed by atoms with E-state index in [1.54, 1.807) is 12.1 Å². The number of benzene rings is 1. The van der Waals surface area contributed by atoms with E-state index in [0.29, 0.717) is 17.5 Å². The minimum Gasteiger partial charge on any atom is -0.383 e. The van der Waals surface area contributed by atoms with E-state index >= 15 is 0 Å². The molecule has 1 rings (SSSR count). The number of hydrogen-bond acceptors (Lipinski definition) is 3. The predicted molar refractivity (Wildman–Crippen MR) is 79.9 cm³/mol.